The number of methoxy groups -OCH3 is 1. The van der Waals surface area contributed by atoms with Gasteiger partial charge in [-0.1, -0.05) is 18.2 Å². The molecule has 26 heavy (non-hydrogen) atoms. The lowest BCUT2D eigenvalue weighted by molar-refractivity contribution is 0.415. The molecule has 0 bridgehead atoms. The molecule has 0 saturated heterocycles. The molecule has 0 fully saturated rings. The Hall–Kier alpha value is -2.63. The predicted molar refractivity (Wildman–Crippen MR) is 108 cm³/mol. The van der Waals surface area contributed by atoms with Crippen LogP contribution in [0.4, 0.5) is 0 Å². The summed E-state index contributed by atoms with van der Waals surface area (Å²) in [5.74, 6) is 0.894. The quantitative estimate of drug-likeness (QED) is 0.471. The highest BCUT2D eigenvalue weighted by atomic mass is 32.1. The number of nitrogens with zero attached hydrogens (tertiary/aromatic N) is 1. The second-order valence-electron chi connectivity index (χ2n) is 6.19. The van der Waals surface area contributed by atoms with Crippen molar-refractivity contribution in [2.75, 3.05) is 13.7 Å². The molecule has 0 spiro atoms. The van der Waals surface area contributed by atoms with Crippen LogP contribution in [0.25, 0.3) is 21.5 Å². The van der Waals surface area contributed by atoms with Crippen LogP contribution in [0.5, 0.6) is 5.75 Å². The fourth-order valence-electron chi connectivity index (χ4n) is 3.13. The van der Waals surface area contributed by atoms with Crippen molar-refractivity contribution in [3.8, 4) is 16.3 Å². The van der Waals surface area contributed by atoms with Crippen LogP contribution in [0.2, 0.25) is 0 Å². The molecule has 0 amide bonds. The van der Waals surface area contributed by atoms with Crippen molar-refractivity contribution < 1.29 is 4.74 Å². The summed E-state index contributed by atoms with van der Waals surface area (Å²) >= 11 is 1.67. The van der Waals surface area contributed by atoms with E-state index in [-0.39, 0.29) is 0 Å². The molecule has 2 aromatic carbocycles. The third kappa shape index (κ3) is 3.64. The number of thiazole rings is 1. The zero-order valence-corrected chi connectivity index (χ0v) is 15.5. The molecule has 2 N–H and O–H groups in total. The summed E-state index contributed by atoms with van der Waals surface area (Å²) in [5, 5.41) is 7.86. The van der Waals surface area contributed by atoms with E-state index in [1.165, 1.54) is 22.1 Å². The number of fused-ring (bicyclic) bond motifs is 1. The van der Waals surface area contributed by atoms with Gasteiger partial charge in [0.2, 0.25) is 0 Å². The lowest BCUT2D eigenvalue weighted by atomic mass is 10.1. The molecule has 4 nitrogen and oxygen atoms in total. The Bertz CT molecular complexity index is 992. The average molecular weight is 363 g/mol. The summed E-state index contributed by atoms with van der Waals surface area (Å²) < 4.78 is 5.34. The Balaban J connectivity index is 1.36. The third-order valence-corrected chi connectivity index (χ3v) is 5.30. The van der Waals surface area contributed by atoms with Crippen molar-refractivity contribution in [1.82, 2.24) is 15.3 Å². The number of aromatic amines is 1. The Morgan fingerprint density at radius 1 is 1.19 bits per heavy atom. The normalized spacial score (nSPS) is 11.1. The molecule has 5 heteroatoms. The van der Waals surface area contributed by atoms with E-state index in [4.69, 9.17) is 4.74 Å². The monoisotopic (exact) mass is 363 g/mol. The smallest absolute Gasteiger partial charge is 0.123 e. The molecule has 0 atom stereocenters. The number of hydrogen-bond acceptors (Lipinski definition) is 4. The highest BCUT2D eigenvalue weighted by Crippen LogP contribution is 2.24. The van der Waals surface area contributed by atoms with Gasteiger partial charge < -0.3 is 15.0 Å². The average Bonchev–Trinajstić information content (AvgIpc) is 3.35. The van der Waals surface area contributed by atoms with Gasteiger partial charge in [0.15, 0.2) is 0 Å². The molecule has 2 aromatic heterocycles. The predicted octanol–water partition coefficient (Wildman–Crippen LogP) is 4.63. The zero-order valence-electron chi connectivity index (χ0n) is 14.7. The molecule has 0 radical (unpaired) electrons. The highest BCUT2D eigenvalue weighted by molar-refractivity contribution is 7.13. The minimum absolute atomic E-state index is 0.852. The second kappa shape index (κ2) is 7.72. The van der Waals surface area contributed by atoms with Gasteiger partial charge in [0.25, 0.3) is 0 Å². The van der Waals surface area contributed by atoms with Crippen molar-refractivity contribution in [3.63, 3.8) is 0 Å². The number of nitrogens with one attached hydrogen (secondary N) is 2. The van der Waals surface area contributed by atoms with E-state index in [0.29, 0.717) is 0 Å². The van der Waals surface area contributed by atoms with Gasteiger partial charge >= 0.3 is 0 Å². The van der Waals surface area contributed by atoms with Gasteiger partial charge in [-0.2, -0.15) is 0 Å². The fourth-order valence-corrected chi connectivity index (χ4v) is 3.76. The van der Waals surface area contributed by atoms with Gasteiger partial charge in [-0.3, -0.25) is 0 Å². The van der Waals surface area contributed by atoms with Crippen LogP contribution >= 0.6 is 11.3 Å². The van der Waals surface area contributed by atoms with Crippen LogP contribution in [-0.4, -0.2) is 23.6 Å². The largest absolute Gasteiger partial charge is 0.497 e. The van der Waals surface area contributed by atoms with E-state index in [1.807, 2.05) is 17.6 Å². The third-order valence-electron chi connectivity index (χ3n) is 4.48. The van der Waals surface area contributed by atoms with Crippen molar-refractivity contribution in [2.45, 2.75) is 13.0 Å². The van der Waals surface area contributed by atoms with Crippen LogP contribution in [0.15, 0.2) is 60.2 Å². The number of H-pyrrole nitrogens is 1. The van der Waals surface area contributed by atoms with Gasteiger partial charge in [-0.05, 0) is 48.4 Å². The molecule has 0 aliphatic rings. The Morgan fingerprint density at radius 3 is 3.00 bits per heavy atom. The molecule has 0 unspecified atom stereocenters. The van der Waals surface area contributed by atoms with E-state index in [0.717, 1.165) is 35.8 Å². The second-order valence-corrected chi connectivity index (χ2v) is 7.08. The zero-order chi connectivity index (χ0) is 17.8. The highest BCUT2D eigenvalue weighted by Gasteiger charge is 2.05. The lowest BCUT2D eigenvalue weighted by Gasteiger charge is -2.06. The first-order chi connectivity index (χ1) is 12.8. The summed E-state index contributed by atoms with van der Waals surface area (Å²) in [6.45, 7) is 1.77. The van der Waals surface area contributed by atoms with Gasteiger partial charge in [-0.15, -0.1) is 11.3 Å². The number of ether oxygens (including phenoxy) is 1. The van der Waals surface area contributed by atoms with E-state index < -0.39 is 0 Å². The van der Waals surface area contributed by atoms with E-state index >= 15 is 0 Å². The maximum atomic E-state index is 5.34. The summed E-state index contributed by atoms with van der Waals surface area (Å²) in [6.07, 6.45) is 4.91. The molecule has 2 heterocycles. The van der Waals surface area contributed by atoms with Crippen molar-refractivity contribution in [1.29, 1.82) is 0 Å². The maximum Gasteiger partial charge on any atom is 0.123 e. The summed E-state index contributed by atoms with van der Waals surface area (Å²) in [5.41, 5.74) is 4.92. The van der Waals surface area contributed by atoms with Gasteiger partial charge in [-0.25, -0.2) is 4.98 Å². The topological polar surface area (TPSA) is 49.9 Å². The van der Waals surface area contributed by atoms with Crippen LogP contribution in [-0.2, 0) is 13.0 Å². The fraction of sp³-hybridized carbons (Fsp3) is 0.190. The minimum Gasteiger partial charge on any atom is -0.497 e. The Kier molecular flexibility index (Phi) is 5.00. The number of aromatic nitrogens is 2. The number of hydrogen-bond donors (Lipinski definition) is 2. The molecular weight excluding hydrogens is 342 g/mol. The summed E-state index contributed by atoms with van der Waals surface area (Å²) in [6, 6.07) is 14.7. The van der Waals surface area contributed by atoms with Crippen LogP contribution in [0.1, 0.15) is 11.1 Å². The first-order valence-electron chi connectivity index (χ1n) is 8.67. The number of benzene rings is 2. The van der Waals surface area contributed by atoms with Crippen molar-refractivity contribution in [2.24, 2.45) is 0 Å². The molecule has 0 saturated carbocycles. The van der Waals surface area contributed by atoms with Gasteiger partial charge in [0, 0.05) is 40.8 Å². The van der Waals surface area contributed by atoms with Crippen LogP contribution < -0.4 is 10.1 Å². The molecular formula is C21H21N3OS. The van der Waals surface area contributed by atoms with Crippen molar-refractivity contribution in [3.05, 3.63) is 71.4 Å². The van der Waals surface area contributed by atoms with Crippen LogP contribution in [0, 0.1) is 0 Å². The number of rotatable bonds is 7. The molecule has 4 aromatic rings. The Morgan fingerprint density at radius 2 is 2.15 bits per heavy atom. The van der Waals surface area contributed by atoms with Crippen LogP contribution in [0.3, 0.4) is 0 Å². The summed E-state index contributed by atoms with van der Waals surface area (Å²) in [4.78, 5) is 7.72. The van der Waals surface area contributed by atoms with E-state index in [2.05, 4.69) is 57.9 Å². The first kappa shape index (κ1) is 16.8. The van der Waals surface area contributed by atoms with Gasteiger partial charge in [0.05, 0.1) is 7.11 Å². The van der Waals surface area contributed by atoms with E-state index in [9.17, 15) is 0 Å². The molecule has 132 valence electrons. The molecule has 0 aliphatic heterocycles. The molecule has 4 rings (SSSR count). The van der Waals surface area contributed by atoms with Gasteiger partial charge in [0.1, 0.15) is 10.8 Å². The van der Waals surface area contributed by atoms with E-state index in [1.54, 1.807) is 18.4 Å². The van der Waals surface area contributed by atoms with Crippen molar-refractivity contribution >= 4 is 22.2 Å². The maximum absolute atomic E-state index is 5.34. The SMILES string of the molecule is COc1ccc2[nH]cc(CCNCc3cccc(-c4nccs4)c3)c2c1. The standard InChI is InChI=1S/C21H21N3OS/c1-25-18-5-6-20-19(12-18)17(14-24-20)7-8-22-13-15-3-2-4-16(11-15)21-23-9-10-26-21/h2-6,9-12,14,22,24H,7-8,13H2,1H3. The minimum atomic E-state index is 0.852. The first-order valence-corrected chi connectivity index (χ1v) is 9.55. The lowest BCUT2D eigenvalue weighted by Crippen LogP contribution is -2.16. The molecule has 0 aliphatic carbocycles. The summed E-state index contributed by atoms with van der Waals surface area (Å²) in [7, 11) is 1.70. The Labute approximate surface area is 156 Å².